The number of amides is 1. The summed E-state index contributed by atoms with van der Waals surface area (Å²) >= 11 is 4.65. The van der Waals surface area contributed by atoms with Crippen LogP contribution in [0.25, 0.3) is 0 Å². The molecule has 0 spiro atoms. The lowest BCUT2D eigenvalue weighted by Gasteiger charge is -2.09. The smallest absolute Gasteiger partial charge is 0.264 e. The minimum atomic E-state index is -0.160. The van der Waals surface area contributed by atoms with E-state index in [0.29, 0.717) is 17.5 Å². The number of carbonyl (C=O) groups is 1. The number of aryl methyl sites for hydroxylation is 2. The number of anilines is 2. The van der Waals surface area contributed by atoms with Crippen molar-refractivity contribution in [3.05, 3.63) is 93.5 Å². The van der Waals surface area contributed by atoms with E-state index in [-0.39, 0.29) is 17.6 Å². The van der Waals surface area contributed by atoms with Crippen molar-refractivity contribution in [1.29, 1.82) is 0 Å². The Morgan fingerprint density at radius 3 is 2.78 bits per heavy atom. The van der Waals surface area contributed by atoms with Crippen molar-refractivity contribution < 1.29 is 9.53 Å². The monoisotopic (exact) mass is 579 g/mol. The van der Waals surface area contributed by atoms with Crippen LogP contribution in [0.3, 0.4) is 0 Å². The van der Waals surface area contributed by atoms with E-state index in [2.05, 4.69) is 42.0 Å². The molecule has 4 rings (SSSR count). The minimum absolute atomic E-state index is 0.134. The van der Waals surface area contributed by atoms with Crippen LogP contribution in [0.4, 0.5) is 11.6 Å². The number of nitrogens with zero attached hydrogens (tertiary/aromatic N) is 4. The maximum absolute atomic E-state index is 12.4. The lowest BCUT2D eigenvalue weighted by Crippen LogP contribution is -2.17. The van der Waals surface area contributed by atoms with Crippen LogP contribution >= 0.6 is 27.7 Å². The lowest BCUT2D eigenvalue weighted by molar-refractivity contribution is -0.113. The number of hydrogen-bond donors (Lipinski definition) is 3. The SMILES string of the molecule is Cc1ccc(NC(=O)CSc2nnc(N/N=C/c3ccccc3OCc3cccc(Br)c3)n2N)c(C)c1. The Hall–Kier alpha value is -3.83. The number of nitrogens with one attached hydrogen (secondary N) is 2. The Morgan fingerprint density at radius 2 is 1.97 bits per heavy atom. The second-order valence-electron chi connectivity index (χ2n) is 8.16. The molecule has 37 heavy (non-hydrogen) atoms. The van der Waals surface area contributed by atoms with Gasteiger partial charge in [0.1, 0.15) is 12.4 Å². The molecule has 1 amide bonds. The number of halogens is 1. The number of aromatic nitrogens is 3. The minimum Gasteiger partial charge on any atom is -0.488 e. The first-order valence-corrected chi connectivity index (χ1v) is 13.1. The molecule has 190 valence electrons. The van der Waals surface area contributed by atoms with E-state index in [1.54, 1.807) is 6.21 Å². The maximum Gasteiger partial charge on any atom is 0.264 e. The zero-order valence-electron chi connectivity index (χ0n) is 20.3. The van der Waals surface area contributed by atoms with Crippen molar-refractivity contribution in [2.24, 2.45) is 5.10 Å². The summed E-state index contributed by atoms with van der Waals surface area (Å²) in [5, 5.41) is 15.6. The molecule has 0 atom stereocenters. The zero-order chi connectivity index (χ0) is 26.2. The first-order valence-electron chi connectivity index (χ1n) is 11.3. The second-order valence-corrected chi connectivity index (χ2v) is 10.0. The number of ether oxygens (including phenoxy) is 1. The van der Waals surface area contributed by atoms with Crippen LogP contribution in [0.1, 0.15) is 22.3 Å². The van der Waals surface area contributed by atoms with Gasteiger partial charge in [-0.3, -0.25) is 4.79 Å². The molecule has 3 aromatic carbocycles. The Labute approximate surface area is 227 Å². The predicted octanol–water partition coefficient (Wildman–Crippen LogP) is 5.13. The third kappa shape index (κ3) is 7.34. The van der Waals surface area contributed by atoms with Gasteiger partial charge >= 0.3 is 0 Å². The highest BCUT2D eigenvalue weighted by molar-refractivity contribution is 9.10. The number of hydrogen-bond acceptors (Lipinski definition) is 8. The fraction of sp³-hybridized carbons (Fsp3) is 0.154. The van der Waals surface area contributed by atoms with Crippen molar-refractivity contribution in [2.75, 3.05) is 22.3 Å². The van der Waals surface area contributed by atoms with Gasteiger partial charge in [-0.1, -0.05) is 69.7 Å². The van der Waals surface area contributed by atoms with Gasteiger partial charge in [-0.2, -0.15) is 5.10 Å². The molecular formula is C26H26BrN7O2S. The van der Waals surface area contributed by atoms with Crippen LogP contribution in [-0.2, 0) is 11.4 Å². The van der Waals surface area contributed by atoms with Gasteiger partial charge < -0.3 is 15.9 Å². The highest BCUT2D eigenvalue weighted by Gasteiger charge is 2.13. The molecule has 0 aliphatic rings. The average molecular weight is 581 g/mol. The van der Waals surface area contributed by atoms with Gasteiger partial charge in [0.25, 0.3) is 5.95 Å². The van der Waals surface area contributed by atoms with Crippen LogP contribution < -0.4 is 21.3 Å². The van der Waals surface area contributed by atoms with Crippen LogP contribution in [-0.4, -0.2) is 32.7 Å². The summed E-state index contributed by atoms with van der Waals surface area (Å²) in [4.78, 5) is 12.4. The quantitative estimate of drug-likeness (QED) is 0.103. The van der Waals surface area contributed by atoms with Gasteiger partial charge in [0, 0.05) is 15.7 Å². The van der Waals surface area contributed by atoms with Gasteiger partial charge in [0.05, 0.1) is 12.0 Å². The summed E-state index contributed by atoms with van der Waals surface area (Å²) in [6.45, 7) is 4.39. The van der Waals surface area contributed by atoms with Crippen LogP contribution in [0, 0.1) is 13.8 Å². The third-order valence-corrected chi connectivity index (χ3v) is 6.66. The molecular weight excluding hydrogens is 554 g/mol. The molecule has 11 heteroatoms. The van der Waals surface area contributed by atoms with E-state index < -0.39 is 0 Å². The molecule has 9 nitrogen and oxygen atoms in total. The molecule has 4 aromatic rings. The normalized spacial score (nSPS) is 11.0. The van der Waals surface area contributed by atoms with E-state index in [0.717, 1.165) is 32.4 Å². The molecule has 0 unspecified atom stereocenters. The lowest BCUT2D eigenvalue weighted by atomic mass is 10.1. The molecule has 0 aliphatic heterocycles. The van der Waals surface area contributed by atoms with Crippen molar-refractivity contribution in [2.45, 2.75) is 25.6 Å². The summed E-state index contributed by atoms with van der Waals surface area (Å²) in [6, 6.07) is 21.4. The second kappa shape index (κ2) is 12.4. The van der Waals surface area contributed by atoms with E-state index in [4.69, 9.17) is 10.6 Å². The molecule has 1 aromatic heterocycles. The van der Waals surface area contributed by atoms with Gasteiger partial charge in [0.2, 0.25) is 11.1 Å². The summed E-state index contributed by atoms with van der Waals surface area (Å²) in [7, 11) is 0. The summed E-state index contributed by atoms with van der Waals surface area (Å²) in [5.74, 6) is 6.99. The number of carbonyl (C=O) groups excluding carboxylic acids is 1. The topological polar surface area (TPSA) is 119 Å². The first-order chi connectivity index (χ1) is 17.9. The fourth-order valence-corrected chi connectivity index (χ4v) is 4.49. The summed E-state index contributed by atoms with van der Waals surface area (Å²) < 4.78 is 8.23. The van der Waals surface area contributed by atoms with Gasteiger partial charge in [0.15, 0.2) is 0 Å². The summed E-state index contributed by atoms with van der Waals surface area (Å²) in [5.41, 5.74) is 7.54. The number of nitrogen functional groups attached to an aromatic ring is 1. The Kier molecular flexibility index (Phi) is 8.81. The van der Waals surface area contributed by atoms with E-state index in [1.807, 2.05) is 80.6 Å². The Morgan fingerprint density at radius 1 is 1.14 bits per heavy atom. The summed E-state index contributed by atoms with van der Waals surface area (Å²) in [6.07, 6.45) is 1.62. The van der Waals surface area contributed by atoms with Gasteiger partial charge in [-0.25, -0.2) is 10.1 Å². The molecule has 0 radical (unpaired) electrons. The van der Waals surface area contributed by atoms with Gasteiger partial charge in [-0.05, 0) is 55.3 Å². The van der Waals surface area contributed by atoms with Crippen molar-refractivity contribution in [3.8, 4) is 5.75 Å². The molecule has 0 saturated carbocycles. The van der Waals surface area contributed by atoms with Crippen molar-refractivity contribution in [3.63, 3.8) is 0 Å². The van der Waals surface area contributed by atoms with E-state index in [1.165, 1.54) is 16.4 Å². The van der Waals surface area contributed by atoms with Crippen LogP contribution in [0.15, 0.2) is 81.5 Å². The molecule has 0 aliphatic carbocycles. The van der Waals surface area contributed by atoms with Gasteiger partial charge in [-0.15, -0.1) is 10.2 Å². The number of rotatable bonds is 10. The number of nitrogens with two attached hydrogens (primary N) is 1. The fourth-order valence-electron chi connectivity index (χ4n) is 3.39. The van der Waals surface area contributed by atoms with Crippen LogP contribution in [0.2, 0.25) is 0 Å². The van der Waals surface area contributed by atoms with Crippen molar-refractivity contribution in [1.82, 2.24) is 14.9 Å². The largest absolute Gasteiger partial charge is 0.488 e. The number of thioether (sulfide) groups is 1. The molecule has 1 heterocycles. The first kappa shape index (κ1) is 26.2. The van der Waals surface area contributed by atoms with Crippen LogP contribution in [0.5, 0.6) is 5.75 Å². The molecule has 0 bridgehead atoms. The third-order valence-electron chi connectivity index (χ3n) is 5.22. The standard InChI is InChI=1S/C26H26BrN7O2S/c1-17-10-11-22(18(2)12-17)30-24(35)16-37-26-33-32-25(34(26)28)31-29-14-20-7-3-4-9-23(20)36-15-19-6-5-8-21(27)13-19/h3-14H,15-16,28H2,1-2H3,(H,30,35)(H,31,32)/b29-14+. The van der Waals surface area contributed by atoms with E-state index >= 15 is 0 Å². The number of hydrazone groups is 1. The molecule has 0 saturated heterocycles. The Balaban J connectivity index is 1.32. The van der Waals surface area contributed by atoms with E-state index in [9.17, 15) is 4.79 Å². The average Bonchev–Trinajstić information content (AvgIpc) is 3.23. The Bertz CT molecular complexity index is 1420. The highest BCUT2D eigenvalue weighted by Crippen LogP contribution is 2.21. The highest BCUT2D eigenvalue weighted by atomic mass is 79.9. The predicted molar refractivity (Wildman–Crippen MR) is 152 cm³/mol. The number of benzene rings is 3. The number of para-hydroxylation sites is 1. The molecule has 4 N–H and O–H groups in total. The zero-order valence-corrected chi connectivity index (χ0v) is 22.7. The van der Waals surface area contributed by atoms with Crippen molar-refractivity contribution >= 4 is 51.4 Å². The maximum atomic E-state index is 12.4. The molecule has 0 fully saturated rings.